The van der Waals surface area contributed by atoms with Gasteiger partial charge >= 0.3 is 0 Å². The van der Waals surface area contributed by atoms with E-state index in [1.165, 1.54) is 0 Å². The molecule has 2 rings (SSSR count). The van der Waals surface area contributed by atoms with Crippen LogP contribution in [0.4, 0.5) is 0 Å². The van der Waals surface area contributed by atoms with Crippen LogP contribution < -0.4 is 0 Å². The lowest BCUT2D eigenvalue weighted by Crippen LogP contribution is -1.99. The summed E-state index contributed by atoms with van der Waals surface area (Å²) in [6, 6.07) is 1.73. The SMILES string of the molecule is CCc1nc2ncccn2c1C(=O)Cl. The van der Waals surface area contributed by atoms with Crippen molar-refractivity contribution in [3.63, 3.8) is 0 Å². The van der Waals surface area contributed by atoms with E-state index in [4.69, 9.17) is 11.6 Å². The third kappa shape index (κ3) is 1.28. The van der Waals surface area contributed by atoms with Gasteiger partial charge in [-0.3, -0.25) is 9.20 Å². The van der Waals surface area contributed by atoms with E-state index < -0.39 is 5.24 Å². The van der Waals surface area contributed by atoms with Gasteiger partial charge in [-0.15, -0.1) is 0 Å². The lowest BCUT2D eigenvalue weighted by atomic mass is 10.3. The maximum absolute atomic E-state index is 11.2. The fraction of sp³-hybridized carbons (Fsp3) is 0.222. The van der Waals surface area contributed by atoms with Crippen LogP contribution in [0.15, 0.2) is 18.5 Å². The normalized spacial score (nSPS) is 10.7. The molecule has 2 aromatic rings. The summed E-state index contributed by atoms with van der Waals surface area (Å²) < 4.78 is 1.61. The van der Waals surface area contributed by atoms with E-state index in [0.717, 1.165) is 0 Å². The Morgan fingerprint density at radius 2 is 2.43 bits per heavy atom. The predicted molar refractivity (Wildman–Crippen MR) is 52.5 cm³/mol. The van der Waals surface area contributed by atoms with Crippen molar-refractivity contribution in [2.24, 2.45) is 0 Å². The fourth-order valence-electron chi connectivity index (χ4n) is 1.39. The van der Waals surface area contributed by atoms with Crippen LogP contribution in [0.1, 0.15) is 23.1 Å². The molecule has 0 radical (unpaired) electrons. The van der Waals surface area contributed by atoms with E-state index in [0.29, 0.717) is 23.6 Å². The first-order valence-electron chi connectivity index (χ1n) is 4.25. The van der Waals surface area contributed by atoms with Gasteiger partial charge in [0.25, 0.3) is 5.24 Å². The molecule has 0 aliphatic heterocycles. The molecule has 72 valence electrons. The first kappa shape index (κ1) is 9.15. The first-order chi connectivity index (χ1) is 6.74. The highest BCUT2D eigenvalue weighted by Gasteiger charge is 2.15. The van der Waals surface area contributed by atoms with Gasteiger partial charge in [0.2, 0.25) is 5.78 Å². The minimum absolute atomic E-state index is 0.414. The smallest absolute Gasteiger partial charge is 0.271 e. The molecule has 0 atom stereocenters. The summed E-state index contributed by atoms with van der Waals surface area (Å²) >= 11 is 5.48. The molecule has 0 aliphatic carbocycles. The highest BCUT2D eigenvalue weighted by Crippen LogP contribution is 2.13. The number of hydrogen-bond acceptors (Lipinski definition) is 3. The Bertz CT molecular complexity index is 492. The maximum atomic E-state index is 11.2. The van der Waals surface area contributed by atoms with Crippen LogP contribution in [0.3, 0.4) is 0 Å². The molecule has 0 spiro atoms. The minimum atomic E-state index is -0.498. The third-order valence-corrected chi connectivity index (χ3v) is 2.18. The topological polar surface area (TPSA) is 47.3 Å². The quantitative estimate of drug-likeness (QED) is 0.707. The molecule has 2 heterocycles. The number of aromatic nitrogens is 3. The molecule has 0 saturated heterocycles. The molecule has 0 fully saturated rings. The van der Waals surface area contributed by atoms with Crippen molar-refractivity contribution < 1.29 is 4.79 Å². The Labute approximate surface area is 85.5 Å². The zero-order valence-electron chi connectivity index (χ0n) is 7.57. The third-order valence-electron chi connectivity index (χ3n) is 2.00. The summed E-state index contributed by atoms with van der Waals surface area (Å²) in [5.74, 6) is 0.508. The number of nitrogens with zero attached hydrogens (tertiary/aromatic N) is 3. The van der Waals surface area contributed by atoms with Gasteiger partial charge in [-0.25, -0.2) is 9.97 Å². The number of rotatable bonds is 2. The van der Waals surface area contributed by atoms with Crippen molar-refractivity contribution in [2.75, 3.05) is 0 Å². The predicted octanol–water partition coefficient (Wildman–Crippen LogP) is 1.67. The Morgan fingerprint density at radius 3 is 3.07 bits per heavy atom. The van der Waals surface area contributed by atoms with Gasteiger partial charge < -0.3 is 0 Å². The van der Waals surface area contributed by atoms with Crippen LogP contribution in [-0.4, -0.2) is 19.6 Å². The summed E-state index contributed by atoms with van der Waals surface area (Å²) in [5, 5.41) is -0.498. The molecule has 0 bridgehead atoms. The number of fused-ring (bicyclic) bond motifs is 1. The number of hydrogen-bond donors (Lipinski definition) is 0. The molecule has 14 heavy (non-hydrogen) atoms. The summed E-state index contributed by atoms with van der Waals surface area (Å²) in [6.45, 7) is 1.92. The standard InChI is InChI=1S/C9H8ClN3O/c1-2-6-7(8(10)14)13-5-3-4-11-9(13)12-6/h3-5H,2H2,1H3. The second-order valence-electron chi connectivity index (χ2n) is 2.82. The van der Waals surface area contributed by atoms with Crippen molar-refractivity contribution >= 4 is 22.6 Å². The molecule has 0 aromatic carbocycles. The summed E-state index contributed by atoms with van der Waals surface area (Å²) in [5.41, 5.74) is 1.10. The molecule has 0 N–H and O–H groups in total. The molecule has 4 nitrogen and oxygen atoms in total. The number of aryl methyl sites for hydroxylation is 1. The van der Waals surface area contributed by atoms with Gasteiger partial charge in [0.15, 0.2) is 0 Å². The molecular weight excluding hydrogens is 202 g/mol. The van der Waals surface area contributed by atoms with Crippen LogP contribution >= 0.6 is 11.6 Å². The summed E-state index contributed by atoms with van der Waals surface area (Å²) in [4.78, 5) is 19.4. The van der Waals surface area contributed by atoms with Crippen LogP contribution in [0.2, 0.25) is 0 Å². The van der Waals surface area contributed by atoms with E-state index in [9.17, 15) is 4.79 Å². The van der Waals surface area contributed by atoms with Gasteiger partial charge in [-0.2, -0.15) is 0 Å². The van der Waals surface area contributed by atoms with E-state index in [2.05, 4.69) is 9.97 Å². The van der Waals surface area contributed by atoms with E-state index in [-0.39, 0.29) is 0 Å². The van der Waals surface area contributed by atoms with Crippen molar-refractivity contribution in [2.45, 2.75) is 13.3 Å². The highest BCUT2D eigenvalue weighted by atomic mass is 35.5. The Balaban J connectivity index is 2.81. The van der Waals surface area contributed by atoms with E-state index in [1.54, 1.807) is 22.9 Å². The average Bonchev–Trinajstić information content (AvgIpc) is 2.55. The van der Waals surface area contributed by atoms with Gasteiger partial charge in [-0.05, 0) is 24.1 Å². The number of halogens is 1. The van der Waals surface area contributed by atoms with E-state index >= 15 is 0 Å². The van der Waals surface area contributed by atoms with Crippen molar-refractivity contribution in [1.29, 1.82) is 0 Å². The summed E-state index contributed by atoms with van der Waals surface area (Å²) in [6.07, 6.45) is 4.02. The van der Waals surface area contributed by atoms with Crippen LogP contribution in [0, 0.1) is 0 Å². The number of carbonyl (C=O) groups is 1. The Hall–Kier alpha value is -1.42. The van der Waals surface area contributed by atoms with Crippen LogP contribution in [0.25, 0.3) is 5.78 Å². The largest absolute Gasteiger partial charge is 0.280 e. The van der Waals surface area contributed by atoms with Crippen molar-refractivity contribution in [1.82, 2.24) is 14.4 Å². The number of carbonyl (C=O) groups excluding carboxylic acids is 1. The van der Waals surface area contributed by atoms with Gasteiger partial charge in [-0.1, -0.05) is 6.92 Å². The number of imidazole rings is 1. The molecular formula is C9H8ClN3O. The zero-order chi connectivity index (χ0) is 10.1. The highest BCUT2D eigenvalue weighted by molar-refractivity contribution is 6.67. The van der Waals surface area contributed by atoms with E-state index in [1.807, 2.05) is 6.92 Å². The molecule has 0 saturated carbocycles. The van der Waals surface area contributed by atoms with Gasteiger partial charge in [0, 0.05) is 12.4 Å². The van der Waals surface area contributed by atoms with Crippen LogP contribution in [0.5, 0.6) is 0 Å². The molecule has 0 unspecified atom stereocenters. The lowest BCUT2D eigenvalue weighted by Gasteiger charge is -1.95. The Morgan fingerprint density at radius 1 is 1.64 bits per heavy atom. The van der Waals surface area contributed by atoms with Crippen LogP contribution in [-0.2, 0) is 6.42 Å². The van der Waals surface area contributed by atoms with Gasteiger partial charge in [0.1, 0.15) is 5.69 Å². The molecule has 2 aromatic heterocycles. The first-order valence-corrected chi connectivity index (χ1v) is 4.63. The zero-order valence-corrected chi connectivity index (χ0v) is 8.32. The lowest BCUT2D eigenvalue weighted by molar-refractivity contribution is 0.107. The molecule has 0 amide bonds. The fourth-order valence-corrected chi connectivity index (χ4v) is 1.59. The maximum Gasteiger partial charge on any atom is 0.271 e. The van der Waals surface area contributed by atoms with Crippen molar-refractivity contribution in [3.05, 3.63) is 29.8 Å². The summed E-state index contributed by atoms with van der Waals surface area (Å²) in [7, 11) is 0. The monoisotopic (exact) mass is 209 g/mol. The minimum Gasteiger partial charge on any atom is -0.280 e. The molecule has 0 aliphatic rings. The van der Waals surface area contributed by atoms with Gasteiger partial charge in [0.05, 0.1) is 5.69 Å². The second kappa shape index (κ2) is 3.38. The Kier molecular flexibility index (Phi) is 2.21. The second-order valence-corrected chi connectivity index (χ2v) is 3.17. The van der Waals surface area contributed by atoms with Crippen molar-refractivity contribution in [3.8, 4) is 0 Å². The molecule has 5 heteroatoms. The average molecular weight is 210 g/mol.